The summed E-state index contributed by atoms with van der Waals surface area (Å²) in [6.45, 7) is 3.21. The first-order valence-corrected chi connectivity index (χ1v) is 11.4. The van der Waals surface area contributed by atoms with Gasteiger partial charge in [0.1, 0.15) is 17.3 Å². The van der Waals surface area contributed by atoms with E-state index >= 15 is 0 Å². The van der Waals surface area contributed by atoms with Crippen LogP contribution in [0.1, 0.15) is 44.6 Å². The second-order valence-corrected chi connectivity index (χ2v) is 8.42. The van der Waals surface area contributed by atoms with E-state index in [1.165, 1.54) is 12.1 Å². The Morgan fingerprint density at radius 1 is 1.12 bits per heavy atom. The van der Waals surface area contributed by atoms with E-state index in [1.807, 2.05) is 42.3 Å². The van der Waals surface area contributed by atoms with Crippen LogP contribution in [-0.4, -0.2) is 27.1 Å². The third-order valence-corrected chi connectivity index (χ3v) is 6.02. The summed E-state index contributed by atoms with van der Waals surface area (Å²) in [5.41, 5.74) is 2.63. The van der Waals surface area contributed by atoms with E-state index in [9.17, 15) is 9.18 Å². The average molecular weight is 436 g/mol. The van der Waals surface area contributed by atoms with Crippen molar-refractivity contribution in [3.05, 3.63) is 66.0 Å². The van der Waals surface area contributed by atoms with Crippen molar-refractivity contribution in [2.75, 3.05) is 6.54 Å². The molecule has 0 N–H and O–H groups in total. The van der Waals surface area contributed by atoms with Crippen molar-refractivity contribution >= 4 is 5.91 Å². The number of hydrogen-bond donors (Lipinski definition) is 0. The van der Waals surface area contributed by atoms with Crippen LogP contribution in [0.5, 0.6) is 11.6 Å². The summed E-state index contributed by atoms with van der Waals surface area (Å²) >= 11 is 0. The molecule has 0 unspecified atom stereocenters. The standard InChI is InChI=1S/C26H30FN3O2/c1-3-17-30(25(31)20-11-7-8-12-20)18-23-24(19-9-5-4-6-10-19)28-29(2)26(23)32-22-15-13-21(27)14-16-22/h4-6,9-10,13-16,20H,3,7-8,11-12,17-18H2,1-2H3. The average Bonchev–Trinajstić information content (AvgIpc) is 3.45. The SMILES string of the molecule is CCCN(Cc1c(-c2ccccc2)nn(C)c1Oc1ccc(F)cc1)C(=O)C1CCCC1. The number of aryl methyl sites for hydroxylation is 1. The summed E-state index contributed by atoms with van der Waals surface area (Å²) in [4.78, 5) is 15.3. The molecule has 0 radical (unpaired) electrons. The summed E-state index contributed by atoms with van der Waals surface area (Å²) in [5.74, 6) is 1.11. The molecule has 0 atom stereocenters. The summed E-state index contributed by atoms with van der Waals surface area (Å²) in [7, 11) is 1.83. The van der Waals surface area contributed by atoms with Crippen LogP contribution in [0, 0.1) is 11.7 Å². The molecule has 2 aromatic carbocycles. The molecule has 0 saturated heterocycles. The van der Waals surface area contributed by atoms with Gasteiger partial charge in [0.2, 0.25) is 11.8 Å². The number of benzene rings is 2. The second kappa shape index (κ2) is 9.98. The Balaban J connectivity index is 1.72. The van der Waals surface area contributed by atoms with Gasteiger partial charge in [-0.3, -0.25) is 4.79 Å². The normalized spacial score (nSPS) is 14.0. The largest absolute Gasteiger partial charge is 0.439 e. The van der Waals surface area contributed by atoms with Gasteiger partial charge in [-0.05, 0) is 43.5 Å². The fraction of sp³-hybridized carbons (Fsp3) is 0.385. The van der Waals surface area contributed by atoms with Gasteiger partial charge >= 0.3 is 0 Å². The Bertz CT molecular complexity index is 1040. The number of carbonyl (C=O) groups excluding carboxylic acids is 1. The highest BCUT2D eigenvalue weighted by Crippen LogP contribution is 2.35. The molecule has 5 nitrogen and oxygen atoms in total. The molecule has 6 heteroatoms. The highest BCUT2D eigenvalue weighted by atomic mass is 19.1. The van der Waals surface area contributed by atoms with E-state index in [0.717, 1.165) is 48.9 Å². The zero-order valence-corrected chi connectivity index (χ0v) is 18.8. The first-order chi connectivity index (χ1) is 15.6. The lowest BCUT2D eigenvalue weighted by atomic mass is 10.0. The fourth-order valence-corrected chi connectivity index (χ4v) is 4.42. The van der Waals surface area contributed by atoms with Gasteiger partial charge in [-0.2, -0.15) is 5.10 Å². The Hall–Kier alpha value is -3.15. The molecule has 0 bridgehead atoms. The quantitative estimate of drug-likeness (QED) is 0.439. The molecule has 32 heavy (non-hydrogen) atoms. The Morgan fingerprint density at radius 2 is 1.81 bits per heavy atom. The monoisotopic (exact) mass is 435 g/mol. The smallest absolute Gasteiger partial charge is 0.225 e. The molecule has 168 valence electrons. The van der Waals surface area contributed by atoms with E-state index in [2.05, 4.69) is 6.92 Å². The fourth-order valence-electron chi connectivity index (χ4n) is 4.42. The van der Waals surface area contributed by atoms with Crippen molar-refractivity contribution in [3.8, 4) is 22.9 Å². The lowest BCUT2D eigenvalue weighted by molar-refractivity contribution is -0.136. The minimum Gasteiger partial charge on any atom is -0.439 e. The number of ether oxygens (including phenoxy) is 1. The second-order valence-electron chi connectivity index (χ2n) is 8.42. The third kappa shape index (κ3) is 4.85. The van der Waals surface area contributed by atoms with Crippen LogP contribution in [0.4, 0.5) is 4.39 Å². The molecule has 1 amide bonds. The zero-order valence-electron chi connectivity index (χ0n) is 18.8. The maximum Gasteiger partial charge on any atom is 0.225 e. The number of halogens is 1. The number of nitrogens with zero attached hydrogens (tertiary/aromatic N) is 3. The van der Waals surface area contributed by atoms with Crippen molar-refractivity contribution in [3.63, 3.8) is 0 Å². The van der Waals surface area contributed by atoms with E-state index in [-0.39, 0.29) is 17.6 Å². The maximum atomic E-state index is 13.4. The maximum absolute atomic E-state index is 13.4. The van der Waals surface area contributed by atoms with Crippen molar-refractivity contribution < 1.29 is 13.9 Å². The van der Waals surface area contributed by atoms with Gasteiger partial charge in [0.25, 0.3) is 0 Å². The van der Waals surface area contributed by atoms with Gasteiger partial charge in [0.15, 0.2) is 0 Å². The van der Waals surface area contributed by atoms with Gasteiger partial charge in [-0.15, -0.1) is 0 Å². The molecular formula is C26H30FN3O2. The topological polar surface area (TPSA) is 47.4 Å². The highest BCUT2D eigenvalue weighted by Gasteiger charge is 2.29. The number of aromatic nitrogens is 2. The third-order valence-electron chi connectivity index (χ3n) is 6.02. The molecule has 1 fully saturated rings. The van der Waals surface area contributed by atoms with E-state index in [4.69, 9.17) is 9.84 Å². The van der Waals surface area contributed by atoms with Crippen LogP contribution in [-0.2, 0) is 18.4 Å². The van der Waals surface area contributed by atoms with Crippen LogP contribution < -0.4 is 4.74 Å². The number of hydrogen-bond acceptors (Lipinski definition) is 3. The summed E-state index contributed by atoms with van der Waals surface area (Å²) < 4.78 is 21.3. The van der Waals surface area contributed by atoms with Crippen LogP contribution >= 0.6 is 0 Å². The van der Waals surface area contributed by atoms with E-state index in [1.54, 1.807) is 16.8 Å². The number of carbonyl (C=O) groups is 1. The lowest BCUT2D eigenvalue weighted by Gasteiger charge is -2.26. The minimum absolute atomic E-state index is 0.111. The minimum atomic E-state index is -0.316. The van der Waals surface area contributed by atoms with Gasteiger partial charge in [-0.1, -0.05) is 50.1 Å². The molecule has 0 aliphatic heterocycles. The zero-order chi connectivity index (χ0) is 22.5. The highest BCUT2D eigenvalue weighted by molar-refractivity contribution is 5.79. The van der Waals surface area contributed by atoms with Crippen LogP contribution in [0.2, 0.25) is 0 Å². The molecule has 1 heterocycles. The van der Waals surface area contributed by atoms with Gasteiger partial charge in [0.05, 0.1) is 12.1 Å². The molecule has 1 aromatic heterocycles. The Morgan fingerprint density at radius 3 is 2.47 bits per heavy atom. The molecule has 4 rings (SSSR count). The first-order valence-electron chi connectivity index (χ1n) is 11.4. The van der Waals surface area contributed by atoms with Crippen LogP contribution in [0.3, 0.4) is 0 Å². The predicted octanol–water partition coefficient (Wildman–Crippen LogP) is 5.95. The van der Waals surface area contributed by atoms with Gasteiger partial charge in [0, 0.05) is 25.1 Å². The summed E-state index contributed by atoms with van der Waals surface area (Å²) in [6.07, 6.45) is 5.07. The molecule has 0 spiro atoms. The molecular weight excluding hydrogens is 405 g/mol. The number of amides is 1. The van der Waals surface area contributed by atoms with Gasteiger partial charge < -0.3 is 9.64 Å². The van der Waals surface area contributed by atoms with Crippen molar-refractivity contribution in [1.29, 1.82) is 0 Å². The van der Waals surface area contributed by atoms with Crippen LogP contribution in [0.15, 0.2) is 54.6 Å². The van der Waals surface area contributed by atoms with Crippen molar-refractivity contribution in [2.45, 2.75) is 45.6 Å². The molecule has 1 saturated carbocycles. The first kappa shape index (κ1) is 22.1. The van der Waals surface area contributed by atoms with Gasteiger partial charge in [-0.25, -0.2) is 9.07 Å². The lowest BCUT2D eigenvalue weighted by Crippen LogP contribution is -2.35. The van der Waals surface area contributed by atoms with Crippen molar-refractivity contribution in [2.24, 2.45) is 13.0 Å². The Kier molecular flexibility index (Phi) is 6.88. The molecule has 3 aromatic rings. The summed E-state index contributed by atoms with van der Waals surface area (Å²) in [5, 5.41) is 4.74. The number of rotatable bonds is 8. The molecule has 1 aliphatic carbocycles. The Labute approximate surface area is 188 Å². The van der Waals surface area contributed by atoms with E-state index < -0.39 is 0 Å². The van der Waals surface area contributed by atoms with Crippen LogP contribution in [0.25, 0.3) is 11.3 Å². The van der Waals surface area contributed by atoms with E-state index in [0.29, 0.717) is 24.7 Å². The predicted molar refractivity (Wildman–Crippen MR) is 123 cm³/mol. The molecule has 1 aliphatic rings. The summed E-state index contributed by atoms with van der Waals surface area (Å²) in [6, 6.07) is 15.9. The van der Waals surface area contributed by atoms with Crippen molar-refractivity contribution in [1.82, 2.24) is 14.7 Å².